The van der Waals surface area contributed by atoms with E-state index in [2.05, 4.69) is 27.2 Å². The number of aryl methyl sites for hydroxylation is 1. The van der Waals surface area contributed by atoms with Crippen LogP contribution >= 0.6 is 27.3 Å². The highest BCUT2D eigenvalue weighted by Gasteiger charge is 2.25. The standard InChI is InChI=1S/C24H21BrN2O3S/c1-2-11-30-20-10-9-17(25)13-16(20)14-27-24-22(19-7-3-4-8-21(19)31-24)23(28)26-15-18-6-5-12-29-18/h1,5-6,9-10,12-14H,3-4,7-8,11,15H2,(H,26,28). The van der Waals surface area contributed by atoms with Crippen molar-refractivity contribution < 1.29 is 13.9 Å². The normalized spacial score (nSPS) is 13.0. The minimum atomic E-state index is -0.124. The predicted octanol–water partition coefficient (Wildman–Crippen LogP) is 5.68. The summed E-state index contributed by atoms with van der Waals surface area (Å²) in [6, 6.07) is 9.30. The Morgan fingerprint density at radius 1 is 1.35 bits per heavy atom. The summed E-state index contributed by atoms with van der Waals surface area (Å²) in [5, 5.41) is 3.68. The third-order valence-corrected chi connectivity index (χ3v) is 6.68. The van der Waals surface area contributed by atoms with E-state index in [1.165, 1.54) is 4.88 Å². The lowest BCUT2D eigenvalue weighted by atomic mass is 9.95. The lowest BCUT2D eigenvalue weighted by Crippen LogP contribution is -2.23. The molecule has 0 radical (unpaired) electrons. The van der Waals surface area contributed by atoms with Crippen molar-refractivity contribution in [2.24, 2.45) is 4.99 Å². The lowest BCUT2D eigenvalue weighted by Gasteiger charge is -2.12. The van der Waals surface area contributed by atoms with Gasteiger partial charge >= 0.3 is 0 Å². The van der Waals surface area contributed by atoms with Crippen molar-refractivity contribution in [3.8, 4) is 18.1 Å². The van der Waals surface area contributed by atoms with Crippen LogP contribution in [0.4, 0.5) is 5.00 Å². The molecule has 0 saturated carbocycles. The number of benzene rings is 1. The summed E-state index contributed by atoms with van der Waals surface area (Å²) >= 11 is 5.08. The average Bonchev–Trinajstić information content (AvgIpc) is 3.43. The molecule has 1 amide bonds. The van der Waals surface area contributed by atoms with Crippen LogP contribution in [0, 0.1) is 12.3 Å². The van der Waals surface area contributed by atoms with E-state index in [9.17, 15) is 4.79 Å². The number of amides is 1. The van der Waals surface area contributed by atoms with Crippen molar-refractivity contribution in [3.05, 3.63) is 68.4 Å². The second kappa shape index (κ2) is 9.99. The fourth-order valence-corrected chi connectivity index (χ4v) is 5.15. The monoisotopic (exact) mass is 496 g/mol. The Labute approximate surface area is 193 Å². The highest BCUT2D eigenvalue weighted by Crippen LogP contribution is 2.40. The van der Waals surface area contributed by atoms with E-state index in [-0.39, 0.29) is 12.5 Å². The van der Waals surface area contributed by atoms with E-state index in [1.54, 1.807) is 23.8 Å². The van der Waals surface area contributed by atoms with Gasteiger partial charge in [0.2, 0.25) is 0 Å². The van der Waals surface area contributed by atoms with Gasteiger partial charge < -0.3 is 14.5 Å². The molecule has 0 atom stereocenters. The number of halogens is 1. The first-order chi connectivity index (χ1) is 15.2. The molecule has 0 unspecified atom stereocenters. The van der Waals surface area contributed by atoms with E-state index < -0.39 is 0 Å². The molecule has 158 valence electrons. The van der Waals surface area contributed by atoms with Gasteiger partial charge in [-0.2, -0.15) is 0 Å². The number of hydrogen-bond donors (Lipinski definition) is 1. The molecular formula is C24H21BrN2O3S. The second-order valence-electron chi connectivity index (χ2n) is 7.09. The van der Waals surface area contributed by atoms with Crippen LogP contribution in [0.3, 0.4) is 0 Å². The number of hydrogen-bond acceptors (Lipinski definition) is 5. The van der Waals surface area contributed by atoms with Crippen LogP contribution in [0.2, 0.25) is 0 Å². The Balaban J connectivity index is 1.64. The SMILES string of the molecule is C#CCOc1ccc(Br)cc1C=Nc1sc2c(c1C(=O)NCc1ccco1)CCCC2. The molecule has 1 N–H and O–H groups in total. The van der Waals surface area contributed by atoms with Crippen molar-refractivity contribution in [1.29, 1.82) is 0 Å². The second-order valence-corrected chi connectivity index (χ2v) is 9.09. The summed E-state index contributed by atoms with van der Waals surface area (Å²) in [5.74, 6) is 3.72. The number of ether oxygens (including phenoxy) is 1. The number of rotatable bonds is 7. The molecule has 4 rings (SSSR count). The lowest BCUT2D eigenvalue weighted by molar-refractivity contribution is 0.0948. The molecule has 5 nitrogen and oxygen atoms in total. The largest absolute Gasteiger partial charge is 0.480 e. The van der Waals surface area contributed by atoms with E-state index in [4.69, 9.17) is 20.6 Å². The van der Waals surface area contributed by atoms with Gasteiger partial charge in [-0.25, -0.2) is 4.99 Å². The van der Waals surface area contributed by atoms with Gasteiger partial charge in [0.15, 0.2) is 0 Å². The van der Waals surface area contributed by atoms with Crippen LogP contribution in [0.5, 0.6) is 5.75 Å². The summed E-state index contributed by atoms with van der Waals surface area (Å²) in [6.45, 7) is 0.519. The van der Waals surface area contributed by atoms with Crippen LogP contribution in [0.1, 0.15) is 45.0 Å². The van der Waals surface area contributed by atoms with Crippen molar-refractivity contribution >= 4 is 44.4 Å². The Kier molecular flexibility index (Phi) is 6.90. The van der Waals surface area contributed by atoms with Gasteiger partial charge in [0.25, 0.3) is 5.91 Å². The minimum Gasteiger partial charge on any atom is -0.480 e. The maximum atomic E-state index is 13.1. The van der Waals surface area contributed by atoms with Crippen molar-refractivity contribution in [1.82, 2.24) is 5.32 Å². The quantitative estimate of drug-likeness (QED) is 0.338. The number of fused-ring (bicyclic) bond motifs is 1. The number of carbonyl (C=O) groups is 1. The van der Waals surface area contributed by atoms with Crippen molar-refractivity contribution in [3.63, 3.8) is 0 Å². The van der Waals surface area contributed by atoms with Crippen LogP contribution in [-0.2, 0) is 19.4 Å². The third kappa shape index (κ3) is 5.09. The highest BCUT2D eigenvalue weighted by molar-refractivity contribution is 9.10. The van der Waals surface area contributed by atoms with Crippen molar-refractivity contribution in [2.75, 3.05) is 6.61 Å². The fourth-order valence-electron chi connectivity index (χ4n) is 3.54. The van der Waals surface area contributed by atoms with E-state index >= 15 is 0 Å². The fraction of sp³-hybridized carbons (Fsp3) is 0.250. The summed E-state index contributed by atoms with van der Waals surface area (Å²) < 4.78 is 11.9. The predicted molar refractivity (Wildman–Crippen MR) is 127 cm³/mol. The number of nitrogens with zero attached hydrogens (tertiary/aromatic N) is 1. The summed E-state index contributed by atoms with van der Waals surface area (Å²) in [5.41, 5.74) is 2.58. The molecule has 0 saturated heterocycles. The number of furan rings is 1. The number of nitrogens with one attached hydrogen (secondary N) is 1. The van der Waals surface area contributed by atoms with Crippen LogP contribution in [-0.4, -0.2) is 18.7 Å². The van der Waals surface area contributed by atoms with E-state index in [0.29, 0.717) is 28.6 Å². The molecular weight excluding hydrogens is 476 g/mol. The number of carbonyl (C=O) groups excluding carboxylic acids is 1. The number of terminal acetylenes is 1. The van der Waals surface area contributed by atoms with Crippen molar-refractivity contribution in [2.45, 2.75) is 32.2 Å². The highest BCUT2D eigenvalue weighted by atomic mass is 79.9. The first-order valence-electron chi connectivity index (χ1n) is 10.0. The Hall–Kier alpha value is -2.82. The first-order valence-corrected chi connectivity index (χ1v) is 11.6. The molecule has 1 aromatic carbocycles. The topological polar surface area (TPSA) is 63.8 Å². The molecule has 0 fully saturated rings. The summed E-state index contributed by atoms with van der Waals surface area (Å²) in [7, 11) is 0. The molecule has 0 bridgehead atoms. The van der Waals surface area contributed by atoms with Crippen LogP contribution < -0.4 is 10.1 Å². The maximum absolute atomic E-state index is 13.1. The van der Waals surface area contributed by atoms with Crippen LogP contribution in [0.15, 0.2) is 50.5 Å². The molecule has 0 spiro atoms. The molecule has 0 aliphatic heterocycles. The zero-order chi connectivity index (χ0) is 21.6. The van der Waals surface area contributed by atoms with E-state index in [1.807, 2.05) is 30.3 Å². The zero-order valence-corrected chi connectivity index (χ0v) is 19.2. The summed E-state index contributed by atoms with van der Waals surface area (Å²) in [4.78, 5) is 19.1. The average molecular weight is 497 g/mol. The van der Waals surface area contributed by atoms with Crippen LogP contribution in [0.25, 0.3) is 0 Å². The molecule has 2 heterocycles. The Morgan fingerprint density at radius 3 is 3.03 bits per heavy atom. The molecule has 1 aliphatic rings. The number of aliphatic imine (C=N–C) groups is 1. The minimum absolute atomic E-state index is 0.124. The Morgan fingerprint density at radius 2 is 2.23 bits per heavy atom. The summed E-state index contributed by atoms with van der Waals surface area (Å²) in [6.07, 6.45) is 12.8. The smallest absolute Gasteiger partial charge is 0.255 e. The van der Waals surface area contributed by atoms with Gasteiger partial charge in [-0.3, -0.25) is 4.79 Å². The van der Waals surface area contributed by atoms with Gasteiger partial charge in [0, 0.05) is 21.1 Å². The van der Waals surface area contributed by atoms with Gasteiger partial charge in [-0.05, 0) is 61.6 Å². The zero-order valence-electron chi connectivity index (χ0n) is 16.8. The van der Waals surface area contributed by atoms with Gasteiger partial charge in [0.1, 0.15) is 23.1 Å². The molecule has 2 aromatic heterocycles. The molecule has 3 aromatic rings. The van der Waals surface area contributed by atoms with Gasteiger partial charge in [-0.1, -0.05) is 21.9 Å². The third-order valence-electron chi connectivity index (χ3n) is 4.99. The molecule has 7 heteroatoms. The maximum Gasteiger partial charge on any atom is 0.255 e. The Bertz CT molecular complexity index is 1140. The van der Waals surface area contributed by atoms with E-state index in [0.717, 1.165) is 41.3 Å². The van der Waals surface area contributed by atoms with Gasteiger partial charge in [-0.15, -0.1) is 17.8 Å². The number of thiophene rings is 1. The molecule has 31 heavy (non-hydrogen) atoms. The molecule has 1 aliphatic carbocycles. The first kappa shape index (κ1) is 21.4. The van der Waals surface area contributed by atoms with Gasteiger partial charge in [0.05, 0.1) is 18.4 Å².